The van der Waals surface area contributed by atoms with Crippen LogP contribution >= 0.6 is 11.6 Å². The molecule has 4 aromatic rings. The standard InChI is InChI=1S/C23H20ClN3O3S/c1-14(2)31(29,30)21-10-6-4-8-17(21)23(28)25-15-11-12-19-20(13-15)27-22(26-19)16-7-3-5-9-18(16)24/h3-14H,1-2H3,(H,25,28)(H,26,27). The van der Waals surface area contributed by atoms with Crippen LogP contribution in [0, 0.1) is 0 Å². The van der Waals surface area contributed by atoms with Gasteiger partial charge in [-0.25, -0.2) is 13.4 Å². The number of nitrogens with zero attached hydrogens (tertiary/aromatic N) is 1. The van der Waals surface area contributed by atoms with Crippen molar-refractivity contribution in [3.05, 3.63) is 77.3 Å². The first-order chi connectivity index (χ1) is 14.8. The third-order valence-electron chi connectivity index (χ3n) is 4.93. The maximum Gasteiger partial charge on any atom is 0.256 e. The summed E-state index contributed by atoms with van der Waals surface area (Å²) in [5, 5.41) is 2.73. The van der Waals surface area contributed by atoms with Crippen LogP contribution in [0.2, 0.25) is 5.02 Å². The van der Waals surface area contributed by atoms with Crippen molar-refractivity contribution in [2.45, 2.75) is 24.0 Å². The Morgan fingerprint density at radius 1 is 1.03 bits per heavy atom. The Balaban J connectivity index is 1.66. The van der Waals surface area contributed by atoms with Gasteiger partial charge in [0.15, 0.2) is 9.84 Å². The Morgan fingerprint density at radius 2 is 1.74 bits per heavy atom. The van der Waals surface area contributed by atoms with E-state index in [0.717, 1.165) is 16.6 Å². The van der Waals surface area contributed by atoms with Crippen LogP contribution in [-0.2, 0) is 9.84 Å². The third kappa shape index (κ3) is 4.06. The van der Waals surface area contributed by atoms with Crippen molar-refractivity contribution in [1.82, 2.24) is 9.97 Å². The summed E-state index contributed by atoms with van der Waals surface area (Å²) in [4.78, 5) is 20.7. The molecule has 0 unspecified atom stereocenters. The molecular formula is C23H20ClN3O3S. The number of H-pyrrole nitrogens is 1. The molecule has 0 saturated heterocycles. The normalized spacial score (nSPS) is 11.7. The lowest BCUT2D eigenvalue weighted by atomic mass is 10.2. The average Bonchev–Trinajstić information content (AvgIpc) is 3.17. The number of hydrogen-bond donors (Lipinski definition) is 2. The summed E-state index contributed by atoms with van der Waals surface area (Å²) in [7, 11) is -3.60. The zero-order valence-electron chi connectivity index (χ0n) is 16.9. The first-order valence-corrected chi connectivity index (χ1v) is 11.6. The molecule has 0 aliphatic rings. The summed E-state index contributed by atoms with van der Waals surface area (Å²) >= 11 is 6.26. The fourth-order valence-electron chi connectivity index (χ4n) is 3.22. The molecule has 8 heteroatoms. The zero-order valence-corrected chi connectivity index (χ0v) is 18.5. The SMILES string of the molecule is CC(C)S(=O)(=O)c1ccccc1C(=O)Nc1ccc2nc(-c3ccccc3Cl)[nH]c2c1. The minimum Gasteiger partial charge on any atom is -0.338 e. The van der Waals surface area contributed by atoms with Gasteiger partial charge in [0.25, 0.3) is 5.91 Å². The minimum atomic E-state index is -3.60. The lowest BCUT2D eigenvalue weighted by molar-refractivity contribution is 0.102. The second-order valence-corrected chi connectivity index (χ2v) is 10.2. The predicted octanol–water partition coefficient (Wildman–Crippen LogP) is 5.32. The molecule has 4 rings (SSSR count). The molecule has 2 N–H and O–H groups in total. The number of aromatic amines is 1. The number of imidazole rings is 1. The van der Waals surface area contributed by atoms with Crippen LogP contribution in [0.1, 0.15) is 24.2 Å². The Bertz CT molecular complexity index is 1390. The molecule has 0 spiro atoms. The molecule has 3 aromatic carbocycles. The number of amides is 1. The van der Waals surface area contributed by atoms with E-state index >= 15 is 0 Å². The monoisotopic (exact) mass is 453 g/mol. The van der Waals surface area contributed by atoms with E-state index in [1.54, 1.807) is 50.2 Å². The Morgan fingerprint density at radius 3 is 2.48 bits per heavy atom. The van der Waals surface area contributed by atoms with E-state index in [-0.39, 0.29) is 10.5 Å². The first-order valence-electron chi connectivity index (χ1n) is 9.66. The molecule has 0 aliphatic carbocycles. The fraction of sp³-hybridized carbons (Fsp3) is 0.130. The second kappa shape index (κ2) is 8.17. The molecule has 0 saturated carbocycles. The van der Waals surface area contributed by atoms with E-state index in [2.05, 4.69) is 15.3 Å². The molecule has 158 valence electrons. The van der Waals surface area contributed by atoms with Crippen molar-refractivity contribution < 1.29 is 13.2 Å². The number of halogens is 1. The maximum atomic E-state index is 12.9. The summed E-state index contributed by atoms with van der Waals surface area (Å²) in [6.45, 7) is 3.18. The molecule has 0 fully saturated rings. The maximum absolute atomic E-state index is 12.9. The number of sulfone groups is 1. The van der Waals surface area contributed by atoms with Gasteiger partial charge in [-0.3, -0.25) is 4.79 Å². The van der Waals surface area contributed by atoms with Gasteiger partial charge in [0, 0.05) is 11.3 Å². The van der Waals surface area contributed by atoms with Gasteiger partial charge >= 0.3 is 0 Å². The summed E-state index contributed by atoms with van der Waals surface area (Å²) in [5.41, 5.74) is 2.84. The van der Waals surface area contributed by atoms with Crippen molar-refractivity contribution in [3.63, 3.8) is 0 Å². The van der Waals surface area contributed by atoms with Crippen molar-refractivity contribution >= 4 is 44.1 Å². The summed E-state index contributed by atoms with van der Waals surface area (Å²) in [5.74, 6) is 0.127. The van der Waals surface area contributed by atoms with Crippen LogP contribution in [0.4, 0.5) is 5.69 Å². The van der Waals surface area contributed by atoms with Crippen molar-refractivity contribution in [2.24, 2.45) is 0 Å². The fourth-order valence-corrected chi connectivity index (χ4v) is 4.69. The van der Waals surface area contributed by atoms with Crippen molar-refractivity contribution in [2.75, 3.05) is 5.32 Å². The molecule has 6 nitrogen and oxygen atoms in total. The topological polar surface area (TPSA) is 91.9 Å². The van der Waals surface area contributed by atoms with Crippen LogP contribution in [-0.4, -0.2) is 29.5 Å². The summed E-state index contributed by atoms with van der Waals surface area (Å²) < 4.78 is 25.3. The van der Waals surface area contributed by atoms with E-state index < -0.39 is 21.0 Å². The summed E-state index contributed by atoms with van der Waals surface area (Å²) in [6, 6.07) is 18.8. The molecule has 1 amide bonds. The van der Waals surface area contributed by atoms with Crippen LogP contribution in [0.25, 0.3) is 22.4 Å². The number of benzene rings is 3. The number of fused-ring (bicyclic) bond motifs is 1. The Hall–Kier alpha value is -3.16. The number of nitrogens with one attached hydrogen (secondary N) is 2. The number of anilines is 1. The highest BCUT2D eigenvalue weighted by atomic mass is 35.5. The predicted molar refractivity (Wildman–Crippen MR) is 123 cm³/mol. The molecule has 1 heterocycles. The lowest BCUT2D eigenvalue weighted by Gasteiger charge is -2.13. The molecule has 1 aromatic heterocycles. The Kier molecular flexibility index (Phi) is 5.56. The number of rotatable bonds is 5. The first kappa shape index (κ1) is 21.1. The lowest BCUT2D eigenvalue weighted by Crippen LogP contribution is -2.20. The van der Waals surface area contributed by atoms with Gasteiger partial charge < -0.3 is 10.3 Å². The largest absolute Gasteiger partial charge is 0.338 e. The van der Waals surface area contributed by atoms with Crippen LogP contribution in [0.15, 0.2) is 71.6 Å². The van der Waals surface area contributed by atoms with Crippen LogP contribution in [0.3, 0.4) is 0 Å². The average molecular weight is 454 g/mol. The van der Waals surface area contributed by atoms with Gasteiger partial charge in [-0.05, 0) is 56.3 Å². The van der Waals surface area contributed by atoms with Gasteiger partial charge in [0.2, 0.25) is 0 Å². The van der Waals surface area contributed by atoms with E-state index in [4.69, 9.17) is 11.6 Å². The molecule has 0 radical (unpaired) electrons. The van der Waals surface area contributed by atoms with Crippen LogP contribution < -0.4 is 5.32 Å². The Labute approximate surface area is 185 Å². The van der Waals surface area contributed by atoms with Gasteiger partial charge in [-0.1, -0.05) is 35.9 Å². The number of hydrogen-bond acceptors (Lipinski definition) is 4. The molecule has 0 atom stereocenters. The molecule has 0 aliphatic heterocycles. The van der Waals surface area contributed by atoms with E-state index in [9.17, 15) is 13.2 Å². The zero-order chi connectivity index (χ0) is 22.2. The van der Waals surface area contributed by atoms with E-state index in [1.165, 1.54) is 12.1 Å². The number of aromatic nitrogens is 2. The van der Waals surface area contributed by atoms with Crippen molar-refractivity contribution in [1.29, 1.82) is 0 Å². The van der Waals surface area contributed by atoms with Gasteiger partial charge in [0.1, 0.15) is 5.82 Å². The molecular weight excluding hydrogens is 434 g/mol. The van der Waals surface area contributed by atoms with Crippen LogP contribution in [0.5, 0.6) is 0 Å². The second-order valence-electron chi connectivity index (χ2n) is 7.34. The third-order valence-corrected chi connectivity index (χ3v) is 7.47. The quantitative estimate of drug-likeness (QED) is 0.428. The van der Waals surface area contributed by atoms with Gasteiger partial charge in [-0.2, -0.15) is 0 Å². The number of carbonyl (C=O) groups is 1. The highest BCUT2D eigenvalue weighted by Crippen LogP contribution is 2.28. The smallest absolute Gasteiger partial charge is 0.256 e. The molecule has 31 heavy (non-hydrogen) atoms. The van der Waals surface area contributed by atoms with E-state index in [1.807, 2.05) is 18.2 Å². The van der Waals surface area contributed by atoms with Gasteiger partial charge in [-0.15, -0.1) is 0 Å². The minimum absolute atomic E-state index is 0.0196. The molecule has 0 bridgehead atoms. The number of carbonyl (C=O) groups excluding carboxylic acids is 1. The van der Waals surface area contributed by atoms with Gasteiger partial charge in [0.05, 0.1) is 31.8 Å². The van der Waals surface area contributed by atoms with Crippen molar-refractivity contribution in [3.8, 4) is 11.4 Å². The summed E-state index contributed by atoms with van der Waals surface area (Å²) in [6.07, 6.45) is 0. The highest BCUT2D eigenvalue weighted by Gasteiger charge is 2.25. The highest BCUT2D eigenvalue weighted by molar-refractivity contribution is 7.92. The van der Waals surface area contributed by atoms with E-state index in [0.29, 0.717) is 16.5 Å².